The Morgan fingerprint density at radius 3 is 1.95 bits per heavy atom. The molecule has 2 nitrogen and oxygen atoms in total. The molecule has 0 aliphatic rings. The van der Waals surface area contributed by atoms with Gasteiger partial charge in [0.15, 0.2) is 0 Å². The third kappa shape index (κ3) is 4.88. The number of aliphatic hydroxyl groups excluding tert-OH is 2. The van der Waals surface area contributed by atoms with E-state index in [1.807, 2.05) is 48.5 Å². The van der Waals surface area contributed by atoms with Crippen LogP contribution in [0.4, 0.5) is 0 Å². The fourth-order valence-corrected chi connectivity index (χ4v) is 3.46. The molecule has 2 rings (SSSR count). The van der Waals surface area contributed by atoms with Crippen molar-refractivity contribution in [2.75, 3.05) is 19.0 Å². The van der Waals surface area contributed by atoms with E-state index < -0.39 is 5.41 Å². The number of hydrogen-bond acceptors (Lipinski definition) is 3. The van der Waals surface area contributed by atoms with Crippen LogP contribution in [0.25, 0.3) is 0 Å². The van der Waals surface area contributed by atoms with Crippen molar-refractivity contribution < 1.29 is 10.2 Å². The molecule has 2 N–H and O–H groups in total. The van der Waals surface area contributed by atoms with Crippen LogP contribution in [-0.4, -0.2) is 29.2 Å². The second-order valence-electron chi connectivity index (χ2n) is 5.39. The Labute approximate surface area is 130 Å². The fourth-order valence-electron chi connectivity index (χ4n) is 2.34. The summed E-state index contributed by atoms with van der Waals surface area (Å²) in [7, 11) is 0. The highest BCUT2D eigenvalue weighted by molar-refractivity contribution is 7.99. The average Bonchev–Trinajstić information content (AvgIpc) is 2.56. The van der Waals surface area contributed by atoms with Gasteiger partial charge in [-0.15, -0.1) is 11.8 Å². The Hall–Kier alpha value is -1.29. The van der Waals surface area contributed by atoms with Crippen molar-refractivity contribution in [1.82, 2.24) is 0 Å². The van der Waals surface area contributed by atoms with Gasteiger partial charge in [-0.25, -0.2) is 0 Å². The lowest BCUT2D eigenvalue weighted by Gasteiger charge is -2.30. The van der Waals surface area contributed by atoms with Crippen LogP contribution in [0.3, 0.4) is 0 Å². The van der Waals surface area contributed by atoms with Crippen LogP contribution < -0.4 is 0 Å². The number of rotatable bonds is 8. The van der Waals surface area contributed by atoms with Crippen molar-refractivity contribution >= 4 is 11.8 Å². The van der Waals surface area contributed by atoms with Crippen LogP contribution >= 0.6 is 11.8 Å². The first-order valence-electron chi connectivity index (χ1n) is 7.21. The van der Waals surface area contributed by atoms with Gasteiger partial charge in [-0.05, 0) is 36.3 Å². The third-order valence-corrected chi connectivity index (χ3v) is 4.75. The molecular formula is C18H22O2S. The largest absolute Gasteiger partial charge is 0.396 e. The topological polar surface area (TPSA) is 40.5 Å². The molecule has 3 heteroatoms. The molecular weight excluding hydrogens is 280 g/mol. The van der Waals surface area contributed by atoms with Crippen molar-refractivity contribution in [2.45, 2.75) is 17.7 Å². The minimum atomic E-state index is -0.441. The number of thioether (sulfide) groups is 1. The first-order valence-corrected chi connectivity index (χ1v) is 8.20. The normalized spacial score (nSPS) is 11.5. The minimum absolute atomic E-state index is 0.00768. The molecule has 21 heavy (non-hydrogen) atoms. The maximum atomic E-state index is 9.77. The molecule has 0 aliphatic carbocycles. The summed E-state index contributed by atoms with van der Waals surface area (Å²) >= 11 is 1.77. The van der Waals surface area contributed by atoms with Gasteiger partial charge in [-0.2, -0.15) is 0 Å². The van der Waals surface area contributed by atoms with Crippen LogP contribution in [0, 0.1) is 5.41 Å². The van der Waals surface area contributed by atoms with Gasteiger partial charge in [0.25, 0.3) is 0 Å². The summed E-state index contributed by atoms with van der Waals surface area (Å²) in [6.07, 6.45) is 1.49. The van der Waals surface area contributed by atoms with E-state index in [1.54, 1.807) is 11.8 Å². The predicted octanol–water partition coefficient (Wildman–Crippen LogP) is 3.38. The van der Waals surface area contributed by atoms with E-state index in [4.69, 9.17) is 0 Å². The van der Waals surface area contributed by atoms with Gasteiger partial charge in [0.2, 0.25) is 0 Å². The van der Waals surface area contributed by atoms with Crippen molar-refractivity contribution in [2.24, 2.45) is 5.41 Å². The summed E-state index contributed by atoms with van der Waals surface area (Å²) in [6, 6.07) is 20.3. The fraction of sp³-hybridized carbons (Fsp3) is 0.333. The predicted molar refractivity (Wildman–Crippen MR) is 88.5 cm³/mol. The molecule has 0 saturated heterocycles. The Balaban J connectivity index is 1.94. The number of hydrogen-bond donors (Lipinski definition) is 2. The molecule has 0 atom stereocenters. The highest BCUT2D eigenvalue weighted by atomic mass is 32.2. The maximum absolute atomic E-state index is 9.77. The molecule has 2 aromatic rings. The molecule has 0 fully saturated rings. The molecule has 0 radical (unpaired) electrons. The van der Waals surface area contributed by atoms with Gasteiger partial charge in [0, 0.05) is 10.3 Å². The monoisotopic (exact) mass is 302 g/mol. The summed E-state index contributed by atoms with van der Waals surface area (Å²) in [5, 5.41) is 19.5. The lowest BCUT2D eigenvalue weighted by atomic mass is 9.81. The van der Waals surface area contributed by atoms with E-state index in [0.29, 0.717) is 6.42 Å². The van der Waals surface area contributed by atoms with Gasteiger partial charge >= 0.3 is 0 Å². The second kappa shape index (κ2) is 8.23. The van der Waals surface area contributed by atoms with Crippen molar-refractivity contribution in [3.63, 3.8) is 0 Å². The molecule has 0 unspecified atom stereocenters. The highest BCUT2D eigenvalue weighted by Crippen LogP contribution is 2.30. The first-order chi connectivity index (χ1) is 10.3. The minimum Gasteiger partial charge on any atom is -0.396 e. The summed E-state index contributed by atoms with van der Waals surface area (Å²) in [5.74, 6) is 0.887. The Morgan fingerprint density at radius 2 is 1.38 bits per heavy atom. The third-order valence-electron chi connectivity index (χ3n) is 3.74. The van der Waals surface area contributed by atoms with Gasteiger partial charge in [0.1, 0.15) is 0 Å². The van der Waals surface area contributed by atoms with E-state index in [-0.39, 0.29) is 13.2 Å². The quantitative estimate of drug-likeness (QED) is 0.734. The van der Waals surface area contributed by atoms with Gasteiger partial charge in [-0.3, -0.25) is 0 Å². The Bertz CT molecular complexity index is 509. The van der Waals surface area contributed by atoms with E-state index in [1.165, 1.54) is 4.90 Å². The summed E-state index contributed by atoms with van der Waals surface area (Å²) < 4.78 is 0. The molecule has 0 amide bonds. The molecule has 112 valence electrons. The van der Waals surface area contributed by atoms with Crippen LogP contribution in [0.2, 0.25) is 0 Å². The van der Waals surface area contributed by atoms with E-state index in [9.17, 15) is 10.2 Å². The summed E-state index contributed by atoms with van der Waals surface area (Å²) in [6.45, 7) is 0.0154. The molecule has 2 aromatic carbocycles. The first kappa shape index (κ1) is 16.1. The maximum Gasteiger partial charge on any atom is 0.0512 e. The molecule has 0 saturated carbocycles. The SMILES string of the molecule is OCC(CO)(CCSc1ccccc1)Cc1ccccc1. The lowest BCUT2D eigenvalue weighted by molar-refractivity contribution is 0.0524. The molecule has 0 aliphatic heterocycles. The van der Waals surface area contributed by atoms with Gasteiger partial charge in [0.05, 0.1) is 13.2 Å². The zero-order chi connectivity index (χ0) is 15.0. The van der Waals surface area contributed by atoms with Crippen molar-refractivity contribution in [3.8, 4) is 0 Å². The van der Waals surface area contributed by atoms with Crippen molar-refractivity contribution in [1.29, 1.82) is 0 Å². The zero-order valence-corrected chi connectivity index (χ0v) is 12.9. The van der Waals surface area contributed by atoms with Crippen LogP contribution in [0.15, 0.2) is 65.6 Å². The van der Waals surface area contributed by atoms with Crippen molar-refractivity contribution in [3.05, 3.63) is 66.2 Å². The van der Waals surface area contributed by atoms with E-state index in [0.717, 1.165) is 17.7 Å². The number of aliphatic hydroxyl groups is 2. The van der Waals surface area contributed by atoms with Crippen LogP contribution in [0.1, 0.15) is 12.0 Å². The molecule has 0 bridgehead atoms. The standard InChI is InChI=1S/C18H22O2S/c19-14-18(15-20,13-16-7-3-1-4-8-16)11-12-21-17-9-5-2-6-10-17/h1-10,19-20H,11-15H2. The van der Waals surface area contributed by atoms with Crippen LogP contribution in [-0.2, 0) is 6.42 Å². The zero-order valence-electron chi connectivity index (χ0n) is 12.1. The van der Waals surface area contributed by atoms with Crippen LogP contribution in [0.5, 0.6) is 0 Å². The average molecular weight is 302 g/mol. The smallest absolute Gasteiger partial charge is 0.0512 e. The lowest BCUT2D eigenvalue weighted by Crippen LogP contribution is -2.33. The van der Waals surface area contributed by atoms with E-state index in [2.05, 4.69) is 12.1 Å². The highest BCUT2D eigenvalue weighted by Gasteiger charge is 2.28. The Morgan fingerprint density at radius 1 is 0.810 bits per heavy atom. The Kier molecular flexibility index (Phi) is 6.30. The second-order valence-corrected chi connectivity index (χ2v) is 6.56. The number of benzene rings is 2. The van der Waals surface area contributed by atoms with E-state index >= 15 is 0 Å². The van der Waals surface area contributed by atoms with Gasteiger partial charge < -0.3 is 10.2 Å². The summed E-state index contributed by atoms with van der Waals surface area (Å²) in [4.78, 5) is 1.22. The van der Waals surface area contributed by atoms with Gasteiger partial charge in [-0.1, -0.05) is 48.5 Å². The molecule has 0 spiro atoms. The summed E-state index contributed by atoms with van der Waals surface area (Å²) in [5.41, 5.74) is 0.716. The molecule has 0 aromatic heterocycles. The molecule has 0 heterocycles.